The topological polar surface area (TPSA) is 147 Å². The molecule has 33 heavy (non-hydrogen) atoms. The van der Waals surface area contributed by atoms with Crippen LogP contribution in [0.5, 0.6) is 11.8 Å². The third kappa shape index (κ3) is 6.26. The van der Waals surface area contributed by atoms with Gasteiger partial charge in [0.05, 0.1) is 17.1 Å². The van der Waals surface area contributed by atoms with Gasteiger partial charge in [-0.1, -0.05) is 17.7 Å². The molecule has 174 valence electrons. The molecule has 0 saturated carbocycles. The van der Waals surface area contributed by atoms with Gasteiger partial charge in [0.15, 0.2) is 11.8 Å². The van der Waals surface area contributed by atoms with Crippen LogP contribution in [0.1, 0.15) is 22.3 Å². The van der Waals surface area contributed by atoms with Crippen LogP contribution in [0, 0.1) is 6.92 Å². The van der Waals surface area contributed by atoms with Gasteiger partial charge in [0.1, 0.15) is 0 Å². The molecule has 0 saturated heterocycles. The van der Waals surface area contributed by atoms with Gasteiger partial charge in [0.2, 0.25) is 0 Å². The highest BCUT2D eigenvalue weighted by molar-refractivity contribution is 7.90. The number of carbonyl (C=O) groups excluding carboxylic acids is 2. The van der Waals surface area contributed by atoms with E-state index in [0.29, 0.717) is 6.42 Å². The Hall–Kier alpha value is -3.99. The second-order valence-corrected chi connectivity index (χ2v) is 8.82. The minimum Gasteiger partial charge on any atom is -0.494 e. The maximum Gasteiger partial charge on any atom is 0.338 e. The monoisotopic (exact) mass is 473 g/mol. The molecule has 10 nitrogen and oxygen atoms in total. The highest BCUT2D eigenvalue weighted by Gasteiger charge is 2.17. The van der Waals surface area contributed by atoms with E-state index >= 15 is 0 Å². The van der Waals surface area contributed by atoms with Gasteiger partial charge >= 0.3 is 12.0 Å². The number of hydrogen-bond acceptors (Lipinski definition) is 7. The van der Waals surface area contributed by atoms with Gasteiger partial charge in [0.25, 0.3) is 10.0 Å². The second kappa shape index (κ2) is 10.1. The molecule has 0 aliphatic heterocycles. The third-order valence-corrected chi connectivity index (χ3v) is 5.98. The van der Waals surface area contributed by atoms with Gasteiger partial charge in [0, 0.05) is 24.4 Å². The highest BCUT2D eigenvalue weighted by Crippen LogP contribution is 2.21. The van der Waals surface area contributed by atoms with Crippen LogP contribution in [0.25, 0.3) is 0 Å². The number of nitrogens with one attached hydrogen (secondary N) is 2. The first kappa shape index (κ1) is 23.7. The van der Waals surface area contributed by atoms with Crippen LogP contribution in [0.4, 0.5) is 10.5 Å². The van der Waals surface area contributed by atoms with E-state index in [4.69, 9.17) is 4.74 Å². The zero-order valence-electron chi connectivity index (χ0n) is 17.7. The Kier molecular flexibility index (Phi) is 7.23. The van der Waals surface area contributed by atoms with Gasteiger partial charge in [-0.2, -0.15) is 0 Å². The first-order valence-corrected chi connectivity index (χ1v) is 11.4. The zero-order valence-corrected chi connectivity index (χ0v) is 18.5. The van der Waals surface area contributed by atoms with Crippen LogP contribution >= 0.6 is 0 Å². The maximum atomic E-state index is 12.3. The van der Waals surface area contributed by atoms with E-state index in [1.165, 1.54) is 53.1 Å². The summed E-state index contributed by atoms with van der Waals surface area (Å²) in [5.41, 5.74) is 1.40. The molecule has 0 radical (unpaired) electrons. The van der Waals surface area contributed by atoms with Crippen LogP contribution in [-0.4, -0.2) is 41.8 Å². The van der Waals surface area contributed by atoms with Crippen LogP contribution in [0.15, 0.2) is 65.6 Å². The van der Waals surface area contributed by atoms with E-state index in [0.717, 1.165) is 5.56 Å². The van der Waals surface area contributed by atoms with E-state index in [1.54, 1.807) is 12.1 Å². The molecule has 0 atom stereocenters. The normalized spacial score (nSPS) is 11.1. The van der Waals surface area contributed by atoms with Crippen molar-refractivity contribution in [3.05, 3.63) is 71.8 Å². The molecular weight excluding hydrogens is 450 g/mol. The number of rotatable bonds is 8. The number of esters is 1. The standard InChI is InChI=1S/C22H23N3O7S/c1-15-3-9-18(10-4-15)33(30,31)24-22(29)23-17-7-5-16(6-8-17)21(28)32-14-2-13-25-19(26)11-12-20(25)27/h3-12,26-27H,2,13-14H2,1H3,(H2,23,24,29). The summed E-state index contributed by atoms with van der Waals surface area (Å²) < 4.78 is 32.9. The zero-order chi connectivity index (χ0) is 24.0. The van der Waals surface area contributed by atoms with Crippen LogP contribution in [0.2, 0.25) is 0 Å². The molecule has 3 aromatic rings. The Morgan fingerprint density at radius 2 is 1.55 bits per heavy atom. The van der Waals surface area contributed by atoms with Gasteiger partial charge in [-0.3, -0.25) is 4.57 Å². The van der Waals surface area contributed by atoms with Crippen molar-refractivity contribution in [1.82, 2.24) is 9.29 Å². The molecule has 0 fully saturated rings. The molecule has 0 unspecified atom stereocenters. The summed E-state index contributed by atoms with van der Waals surface area (Å²) in [5, 5.41) is 21.5. The summed E-state index contributed by atoms with van der Waals surface area (Å²) >= 11 is 0. The number of carbonyl (C=O) groups is 2. The Bertz CT molecular complexity index is 1210. The number of hydrogen-bond donors (Lipinski definition) is 4. The lowest BCUT2D eigenvalue weighted by Crippen LogP contribution is -2.34. The molecule has 1 aromatic heterocycles. The molecule has 0 aliphatic carbocycles. The first-order chi connectivity index (χ1) is 15.7. The SMILES string of the molecule is Cc1ccc(S(=O)(=O)NC(=O)Nc2ccc(C(=O)OCCCn3c(O)ccc3O)cc2)cc1. The van der Waals surface area contributed by atoms with Crippen molar-refractivity contribution in [2.24, 2.45) is 0 Å². The highest BCUT2D eigenvalue weighted by atomic mass is 32.2. The summed E-state index contributed by atoms with van der Waals surface area (Å²) in [6, 6.07) is 13.5. The smallest absolute Gasteiger partial charge is 0.338 e. The predicted octanol–water partition coefficient (Wildman–Crippen LogP) is 2.97. The van der Waals surface area contributed by atoms with E-state index < -0.39 is 22.0 Å². The fraction of sp³-hybridized carbons (Fsp3) is 0.182. The fourth-order valence-electron chi connectivity index (χ4n) is 2.89. The molecule has 0 spiro atoms. The van der Waals surface area contributed by atoms with Crippen LogP contribution < -0.4 is 10.0 Å². The summed E-state index contributed by atoms with van der Waals surface area (Å²) in [6.45, 7) is 2.15. The molecule has 1 heterocycles. The number of aromatic nitrogens is 1. The molecular formula is C22H23N3O7S. The lowest BCUT2D eigenvalue weighted by Gasteiger charge is -2.10. The average molecular weight is 474 g/mol. The van der Waals surface area contributed by atoms with Crippen molar-refractivity contribution >= 4 is 27.7 Å². The second-order valence-electron chi connectivity index (χ2n) is 7.14. The number of benzene rings is 2. The number of nitrogens with zero attached hydrogens (tertiary/aromatic N) is 1. The summed E-state index contributed by atoms with van der Waals surface area (Å²) in [7, 11) is -4.02. The van der Waals surface area contributed by atoms with Crippen molar-refractivity contribution in [3.63, 3.8) is 0 Å². The predicted molar refractivity (Wildman–Crippen MR) is 120 cm³/mol. The van der Waals surface area contributed by atoms with Crippen LogP contribution in [-0.2, 0) is 21.3 Å². The van der Waals surface area contributed by atoms with E-state index in [9.17, 15) is 28.2 Å². The Morgan fingerprint density at radius 1 is 0.939 bits per heavy atom. The Morgan fingerprint density at radius 3 is 2.15 bits per heavy atom. The molecule has 3 rings (SSSR count). The maximum absolute atomic E-state index is 12.3. The number of anilines is 1. The van der Waals surface area contributed by atoms with Crippen molar-refractivity contribution in [1.29, 1.82) is 0 Å². The quantitative estimate of drug-likeness (QED) is 0.290. The molecule has 0 bridgehead atoms. The van der Waals surface area contributed by atoms with Crippen molar-refractivity contribution < 1.29 is 33.0 Å². The number of aromatic hydroxyl groups is 2. The van der Waals surface area contributed by atoms with Crippen LogP contribution in [0.3, 0.4) is 0 Å². The summed E-state index contributed by atoms with van der Waals surface area (Å²) in [4.78, 5) is 24.2. The third-order valence-electron chi connectivity index (χ3n) is 4.63. The summed E-state index contributed by atoms with van der Waals surface area (Å²) in [6.07, 6.45) is 0.372. The van der Waals surface area contributed by atoms with E-state index in [1.807, 2.05) is 11.6 Å². The molecule has 0 aliphatic rings. The number of ether oxygens (including phenoxy) is 1. The molecule has 2 amide bonds. The van der Waals surface area contributed by atoms with Crippen molar-refractivity contribution in [2.75, 3.05) is 11.9 Å². The number of amides is 2. The minimum absolute atomic E-state index is 0.0384. The van der Waals surface area contributed by atoms with E-state index in [2.05, 4.69) is 5.32 Å². The number of aryl methyl sites for hydroxylation is 1. The van der Waals surface area contributed by atoms with Gasteiger partial charge in [-0.15, -0.1) is 0 Å². The molecule has 4 N–H and O–H groups in total. The largest absolute Gasteiger partial charge is 0.494 e. The average Bonchev–Trinajstić information content (AvgIpc) is 3.09. The van der Waals surface area contributed by atoms with Crippen molar-refractivity contribution in [2.45, 2.75) is 24.8 Å². The van der Waals surface area contributed by atoms with Gasteiger partial charge < -0.3 is 20.3 Å². The number of urea groups is 1. The Balaban J connectivity index is 1.48. The lowest BCUT2D eigenvalue weighted by atomic mass is 10.2. The van der Waals surface area contributed by atoms with Gasteiger partial charge in [-0.25, -0.2) is 22.7 Å². The first-order valence-electron chi connectivity index (χ1n) is 9.91. The lowest BCUT2D eigenvalue weighted by molar-refractivity contribution is 0.0495. The Labute approximate surface area is 190 Å². The number of sulfonamides is 1. The fourth-order valence-corrected chi connectivity index (χ4v) is 3.80. The molecule has 2 aromatic carbocycles. The van der Waals surface area contributed by atoms with Gasteiger partial charge in [-0.05, 0) is 49.7 Å². The minimum atomic E-state index is -4.02. The molecule has 11 heteroatoms. The van der Waals surface area contributed by atoms with E-state index in [-0.39, 0.29) is 41.1 Å². The van der Waals surface area contributed by atoms with Crippen molar-refractivity contribution in [3.8, 4) is 11.8 Å². The summed E-state index contributed by atoms with van der Waals surface area (Å²) in [5.74, 6) is -0.760.